The number of anilines is 2. The number of carbonyl (C=O) groups is 2. The second kappa shape index (κ2) is 7.28. The molecule has 1 amide bonds. The molecule has 1 atom stereocenters. The second-order valence-corrected chi connectivity index (χ2v) is 6.53. The van der Waals surface area contributed by atoms with Crippen molar-refractivity contribution in [3.63, 3.8) is 0 Å². The van der Waals surface area contributed by atoms with Gasteiger partial charge in [0.25, 0.3) is 0 Å². The fourth-order valence-corrected chi connectivity index (χ4v) is 3.04. The molecule has 152 valence electrons. The fourth-order valence-electron chi connectivity index (χ4n) is 3.04. The summed E-state index contributed by atoms with van der Waals surface area (Å²) in [7, 11) is 0. The number of hydrogen-bond acceptors (Lipinski definition) is 8. The van der Waals surface area contributed by atoms with Crippen LogP contribution < -0.4 is 16.6 Å². The lowest BCUT2D eigenvalue weighted by atomic mass is 9.93. The number of nitrogens with zero attached hydrogens (tertiary/aromatic N) is 4. The number of benzene rings is 1. The number of fused-ring (bicyclic) bond motifs is 1. The van der Waals surface area contributed by atoms with Crippen molar-refractivity contribution in [1.82, 2.24) is 25.2 Å². The van der Waals surface area contributed by atoms with E-state index in [1.807, 2.05) is 0 Å². The van der Waals surface area contributed by atoms with E-state index in [0.29, 0.717) is 11.7 Å². The van der Waals surface area contributed by atoms with E-state index in [4.69, 9.17) is 10.2 Å². The van der Waals surface area contributed by atoms with Gasteiger partial charge in [-0.1, -0.05) is 18.2 Å². The molecule has 0 aliphatic heterocycles. The largest absolute Gasteiger partial charge is 0.459 e. The Hall–Kier alpha value is -4.28. The van der Waals surface area contributed by atoms with Crippen molar-refractivity contribution in [1.29, 1.82) is 0 Å². The molecule has 1 unspecified atom stereocenters. The summed E-state index contributed by atoms with van der Waals surface area (Å²) in [6.07, 6.45) is 3.32. The van der Waals surface area contributed by atoms with Gasteiger partial charge in [-0.2, -0.15) is 15.1 Å². The lowest BCUT2D eigenvalue weighted by Crippen LogP contribution is -2.35. The highest BCUT2D eigenvalue weighted by atomic mass is 19.1. The van der Waals surface area contributed by atoms with Gasteiger partial charge >= 0.3 is 5.91 Å². The maximum absolute atomic E-state index is 14.4. The molecule has 10 nitrogen and oxygen atoms in total. The molecule has 0 aliphatic rings. The Morgan fingerprint density at radius 1 is 1.27 bits per heavy atom. The van der Waals surface area contributed by atoms with Gasteiger partial charge < -0.3 is 14.9 Å². The van der Waals surface area contributed by atoms with Crippen LogP contribution in [0.25, 0.3) is 11.0 Å². The van der Waals surface area contributed by atoms with Gasteiger partial charge in [0, 0.05) is 5.56 Å². The Morgan fingerprint density at radius 3 is 2.77 bits per heavy atom. The van der Waals surface area contributed by atoms with Gasteiger partial charge in [-0.3, -0.25) is 15.6 Å². The highest BCUT2D eigenvalue weighted by Crippen LogP contribution is 2.30. The number of nitrogens with two attached hydrogens (primary N) is 1. The van der Waals surface area contributed by atoms with Crippen LogP contribution in [0.4, 0.5) is 16.2 Å². The van der Waals surface area contributed by atoms with E-state index in [9.17, 15) is 14.0 Å². The van der Waals surface area contributed by atoms with Crippen LogP contribution in [-0.2, 0) is 10.3 Å². The van der Waals surface area contributed by atoms with Gasteiger partial charge in [0.15, 0.2) is 23.5 Å². The summed E-state index contributed by atoms with van der Waals surface area (Å²) in [6, 6.07) is 8.95. The van der Waals surface area contributed by atoms with Crippen LogP contribution in [0.5, 0.6) is 0 Å². The maximum atomic E-state index is 14.4. The summed E-state index contributed by atoms with van der Waals surface area (Å²) in [5.74, 6) is -1.01. The third-order valence-corrected chi connectivity index (χ3v) is 4.57. The molecular formula is C19H16FN7O3. The maximum Gasteiger partial charge on any atom is 0.305 e. The van der Waals surface area contributed by atoms with Crippen molar-refractivity contribution < 1.29 is 18.4 Å². The van der Waals surface area contributed by atoms with Crippen LogP contribution in [0.1, 0.15) is 23.0 Å². The Kier molecular flexibility index (Phi) is 4.62. The Balaban J connectivity index is 1.76. The Bertz CT molecular complexity index is 1240. The number of nitrogens with one attached hydrogen (secondary N) is 2. The zero-order valence-electron chi connectivity index (χ0n) is 15.7. The molecule has 1 aromatic carbocycles. The van der Waals surface area contributed by atoms with Crippen LogP contribution >= 0.6 is 0 Å². The average Bonchev–Trinajstić information content (AvgIpc) is 3.42. The SMILES string of the molecule is CC(C=O)(c1ccccc1F)n1ncc2c(NNC(=O)c3ccco3)nc(N)nc21. The van der Waals surface area contributed by atoms with Crippen molar-refractivity contribution in [2.45, 2.75) is 12.5 Å². The normalized spacial score (nSPS) is 13.0. The van der Waals surface area contributed by atoms with E-state index in [0.717, 1.165) is 0 Å². The summed E-state index contributed by atoms with van der Waals surface area (Å²) < 4.78 is 20.7. The molecule has 0 radical (unpaired) electrons. The minimum absolute atomic E-state index is 0.0875. The van der Waals surface area contributed by atoms with Gasteiger partial charge in [-0.15, -0.1) is 0 Å². The van der Waals surface area contributed by atoms with Gasteiger partial charge in [-0.05, 0) is 25.1 Å². The number of rotatable bonds is 6. The number of halogens is 1. The molecule has 0 spiro atoms. The zero-order valence-corrected chi connectivity index (χ0v) is 15.7. The lowest BCUT2D eigenvalue weighted by molar-refractivity contribution is -0.113. The standard InChI is InChI=1S/C19H16FN7O3/c1-19(10-28,12-5-2-3-6-13(12)20)27-16-11(9-22-27)15(23-18(21)24-16)25-26-17(29)14-7-4-8-30-14/h2-10H,1H3,(H,26,29)(H3,21,23,24,25). The van der Waals surface area contributed by atoms with E-state index in [-0.39, 0.29) is 28.7 Å². The van der Waals surface area contributed by atoms with Crippen LogP contribution in [0.15, 0.2) is 53.3 Å². The summed E-state index contributed by atoms with van der Waals surface area (Å²) in [4.78, 5) is 32.4. The number of nitrogen functional groups attached to an aromatic ring is 1. The number of hydrogen-bond donors (Lipinski definition) is 3. The van der Waals surface area contributed by atoms with Crippen molar-refractivity contribution in [3.8, 4) is 0 Å². The molecule has 4 aromatic rings. The van der Waals surface area contributed by atoms with Gasteiger partial charge in [0.05, 0.1) is 17.8 Å². The van der Waals surface area contributed by atoms with Crippen LogP contribution in [0.3, 0.4) is 0 Å². The smallest absolute Gasteiger partial charge is 0.305 e. The molecule has 0 saturated carbocycles. The average molecular weight is 409 g/mol. The number of aromatic nitrogens is 4. The van der Waals surface area contributed by atoms with E-state index >= 15 is 0 Å². The zero-order chi connectivity index (χ0) is 21.3. The third kappa shape index (κ3) is 3.11. The molecule has 3 aromatic heterocycles. The minimum atomic E-state index is -1.50. The van der Waals surface area contributed by atoms with Gasteiger partial charge in [-0.25, -0.2) is 9.07 Å². The number of aldehydes is 1. The monoisotopic (exact) mass is 409 g/mol. The Labute approximate surface area is 168 Å². The first kappa shape index (κ1) is 19.1. The van der Waals surface area contributed by atoms with E-state index in [1.54, 1.807) is 12.1 Å². The molecule has 0 bridgehead atoms. The molecule has 30 heavy (non-hydrogen) atoms. The number of amides is 1. The first-order valence-electron chi connectivity index (χ1n) is 8.77. The predicted molar refractivity (Wildman–Crippen MR) is 105 cm³/mol. The summed E-state index contributed by atoms with van der Waals surface area (Å²) >= 11 is 0. The van der Waals surface area contributed by atoms with Crippen molar-refractivity contribution in [2.75, 3.05) is 11.2 Å². The first-order chi connectivity index (χ1) is 14.4. The quantitative estimate of drug-likeness (QED) is 0.324. The van der Waals surface area contributed by atoms with Crippen molar-refractivity contribution >= 4 is 35.0 Å². The molecule has 0 aliphatic carbocycles. The third-order valence-electron chi connectivity index (χ3n) is 4.57. The first-order valence-corrected chi connectivity index (χ1v) is 8.77. The molecule has 0 fully saturated rings. The molecule has 0 saturated heterocycles. The van der Waals surface area contributed by atoms with Crippen LogP contribution in [0, 0.1) is 5.82 Å². The minimum Gasteiger partial charge on any atom is -0.459 e. The molecule has 4 rings (SSSR count). The summed E-state index contributed by atoms with van der Waals surface area (Å²) in [5, 5.41) is 4.58. The molecule has 11 heteroatoms. The molecule has 4 N–H and O–H groups in total. The molecular weight excluding hydrogens is 393 g/mol. The van der Waals surface area contributed by atoms with Gasteiger partial charge in [0.1, 0.15) is 11.4 Å². The van der Waals surface area contributed by atoms with E-state index < -0.39 is 17.3 Å². The number of carbonyl (C=O) groups excluding carboxylic acids is 2. The van der Waals surface area contributed by atoms with Crippen molar-refractivity contribution in [3.05, 3.63) is 66.0 Å². The highest BCUT2D eigenvalue weighted by Gasteiger charge is 2.34. The number of hydrazine groups is 1. The number of furan rings is 1. The Morgan fingerprint density at radius 2 is 2.07 bits per heavy atom. The van der Waals surface area contributed by atoms with Gasteiger partial charge in [0.2, 0.25) is 5.95 Å². The second-order valence-electron chi connectivity index (χ2n) is 6.53. The summed E-state index contributed by atoms with van der Waals surface area (Å²) in [6.45, 7) is 1.51. The van der Waals surface area contributed by atoms with Crippen LogP contribution in [0.2, 0.25) is 0 Å². The fraction of sp³-hybridized carbons (Fsp3) is 0.105. The van der Waals surface area contributed by atoms with Crippen LogP contribution in [-0.4, -0.2) is 31.9 Å². The molecule has 3 heterocycles. The topological polar surface area (TPSA) is 141 Å². The lowest BCUT2D eigenvalue weighted by Gasteiger charge is -2.25. The van der Waals surface area contributed by atoms with E-state index in [1.165, 1.54) is 48.3 Å². The van der Waals surface area contributed by atoms with E-state index in [2.05, 4.69) is 25.9 Å². The predicted octanol–water partition coefficient (Wildman–Crippen LogP) is 1.86. The van der Waals surface area contributed by atoms with Crippen molar-refractivity contribution in [2.24, 2.45) is 0 Å². The summed E-state index contributed by atoms with van der Waals surface area (Å²) in [5.41, 5.74) is 9.67. The highest BCUT2D eigenvalue weighted by molar-refractivity contribution is 5.94.